The number of nitrogens with zero attached hydrogens (tertiary/aromatic N) is 1. The fourth-order valence-corrected chi connectivity index (χ4v) is 0.541. The Kier molecular flexibility index (Phi) is 6.75. The summed E-state index contributed by atoms with van der Waals surface area (Å²) in [5.41, 5.74) is 0. The molecule has 13 heavy (non-hydrogen) atoms. The van der Waals surface area contributed by atoms with E-state index < -0.39 is 12.1 Å². The van der Waals surface area contributed by atoms with Crippen molar-refractivity contribution in [3.8, 4) is 0 Å². The topological polar surface area (TPSA) is 78.0 Å². The summed E-state index contributed by atoms with van der Waals surface area (Å²) in [6, 6.07) is 0. The number of hydrogen-bond acceptors (Lipinski definition) is 3. The molecule has 0 aliphatic heterocycles. The molecule has 0 aliphatic carbocycles. The highest BCUT2D eigenvalue weighted by Gasteiger charge is 2.12. The molecule has 5 nitrogen and oxygen atoms in total. The van der Waals surface area contributed by atoms with Gasteiger partial charge in [-0.1, -0.05) is 0 Å². The Balaban J connectivity index is 0. The van der Waals surface area contributed by atoms with Crippen molar-refractivity contribution in [1.29, 1.82) is 0 Å². The van der Waals surface area contributed by atoms with E-state index in [9.17, 15) is 4.79 Å². The van der Waals surface area contributed by atoms with Crippen LogP contribution in [0.25, 0.3) is 0 Å². The Morgan fingerprint density at radius 2 is 1.92 bits per heavy atom. The maximum atomic E-state index is 10.7. The molecular formula is C8H20NO4+. The van der Waals surface area contributed by atoms with Crippen LogP contribution < -0.4 is 0 Å². The van der Waals surface area contributed by atoms with Gasteiger partial charge in [-0.15, -0.1) is 0 Å². The van der Waals surface area contributed by atoms with Crippen molar-refractivity contribution >= 4 is 5.97 Å². The smallest absolute Gasteiger partial charge is 0.334 e. The van der Waals surface area contributed by atoms with Crippen molar-refractivity contribution < 1.29 is 24.6 Å². The van der Waals surface area contributed by atoms with Crippen LogP contribution in [0.15, 0.2) is 0 Å². The van der Waals surface area contributed by atoms with Crippen molar-refractivity contribution in [3.63, 3.8) is 0 Å². The average molecular weight is 194 g/mol. The minimum atomic E-state index is -1.02. The average Bonchev–Trinajstić information content (AvgIpc) is 1.84. The van der Waals surface area contributed by atoms with E-state index >= 15 is 0 Å². The number of hydrogen-bond donors (Lipinski definition) is 1. The second kappa shape index (κ2) is 5.90. The van der Waals surface area contributed by atoms with E-state index in [0.717, 1.165) is 11.0 Å². The molecule has 0 rings (SSSR count). The van der Waals surface area contributed by atoms with Crippen molar-refractivity contribution in [3.05, 3.63) is 0 Å². The lowest BCUT2D eigenvalue weighted by Gasteiger charge is -2.23. The van der Waals surface area contributed by atoms with Gasteiger partial charge in [0, 0.05) is 0 Å². The fraction of sp³-hybridized carbons (Fsp3) is 0.875. The Labute approximate surface area is 78.8 Å². The summed E-state index contributed by atoms with van der Waals surface area (Å²) >= 11 is 0. The molecule has 0 aromatic rings. The minimum absolute atomic E-state index is 0. The summed E-state index contributed by atoms with van der Waals surface area (Å²) in [7, 11) is 6.03. The summed E-state index contributed by atoms with van der Waals surface area (Å²) in [4.78, 5) is 10.7. The Bertz CT molecular complexity index is 151. The zero-order valence-electron chi connectivity index (χ0n) is 8.70. The van der Waals surface area contributed by atoms with E-state index in [2.05, 4.69) is 0 Å². The quantitative estimate of drug-likeness (QED) is 0.450. The number of ether oxygens (including phenoxy) is 1. The van der Waals surface area contributed by atoms with Crippen LogP contribution in [0.5, 0.6) is 0 Å². The lowest BCUT2D eigenvalue weighted by Crippen LogP contribution is -2.38. The van der Waals surface area contributed by atoms with E-state index in [4.69, 9.17) is 9.84 Å². The molecule has 80 valence electrons. The fourth-order valence-electron chi connectivity index (χ4n) is 0.541. The van der Waals surface area contributed by atoms with Gasteiger partial charge in [0.2, 0.25) is 0 Å². The normalized spacial score (nSPS) is 13.0. The Morgan fingerprint density at radius 1 is 1.46 bits per heavy atom. The second-order valence-corrected chi connectivity index (χ2v) is 3.86. The molecule has 0 heterocycles. The van der Waals surface area contributed by atoms with Crippen LogP contribution in [0.1, 0.15) is 6.92 Å². The molecule has 0 aromatic carbocycles. The molecule has 3 N–H and O–H groups in total. The number of aliphatic hydroxyl groups excluding tert-OH is 1. The van der Waals surface area contributed by atoms with Gasteiger partial charge in [-0.05, 0) is 6.92 Å². The van der Waals surface area contributed by atoms with E-state index in [1.807, 2.05) is 21.1 Å². The van der Waals surface area contributed by atoms with E-state index in [1.165, 1.54) is 6.92 Å². The van der Waals surface area contributed by atoms with Gasteiger partial charge >= 0.3 is 5.97 Å². The molecule has 0 saturated heterocycles. The number of quaternary nitrogens is 1. The molecule has 1 atom stereocenters. The summed E-state index contributed by atoms with van der Waals surface area (Å²) in [5, 5.41) is 8.77. The molecule has 0 fully saturated rings. The van der Waals surface area contributed by atoms with Gasteiger partial charge in [0.1, 0.15) is 19.3 Å². The first-order chi connectivity index (χ1) is 5.33. The van der Waals surface area contributed by atoms with E-state index in [0.29, 0.717) is 6.61 Å². The van der Waals surface area contributed by atoms with Crippen LogP contribution in [0.4, 0.5) is 0 Å². The van der Waals surface area contributed by atoms with Crippen molar-refractivity contribution in [2.45, 2.75) is 13.0 Å². The summed E-state index contributed by atoms with van der Waals surface area (Å²) in [5.74, 6) is -0.552. The number of rotatable bonds is 4. The van der Waals surface area contributed by atoms with Crippen LogP contribution in [0.3, 0.4) is 0 Å². The number of carbonyl (C=O) groups excluding carboxylic acids is 1. The highest BCUT2D eigenvalue weighted by Crippen LogP contribution is 1.91. The summed E-state index contributed by atoms with van der Waals surface area (Å²) in [6.45, 7) is 2.50. The molecule has 0 amide bonds. The van der Waals surface area contributed by atoms with Gasteiger partial charge in [-0.25, -0.2) is 4.79 Å². The zero-order valence-corrected chi connectivity index (χ0v) is 8.70. The first kappa shape index (κ1) is 14.9. The number of aliphatic hydroxyl groups is 1. The van der Waals surface area contributed by atoms with Gasteiger partial charge in [-0.3, -0.25) is 0 Å². The molecular weight excluding hydrogens is 174 g/mol. The van der Waals surface area contributed by atoms with E-state index in [-0.39, 0.29) is 5.48 Å². The highest BCUT2D eigenvalue weighted by molar-refractivity contribution is 5.73. The first-order valence-electron chi connectivity index (χ1n) is 3.98. The van der Waals surface area contributed by atoms with Gasteiger partial charge in [0.05, 0.1) is 21.1 Å². The van der Waals surface area contributed by atoms with Crippen LogP contribution in [-0.4, -0.2) is 61.4 Å². The standard InChI is InChI=1S/C8H18NO3.H2O/c1-7(10)8(11)12-6-5-9(2,3)4;/h7,10H,5-6H2,1-4H3;1H2/q+1;. The molecule has 0 bridgehead atoms. The SMILES string of the molecule is CC(O)C(=O)OCC[N+](C)(C)C.O. The van der Waals surface area contributed by atoms with E-state index in [1.54, 1.807) is 0 Å². The van der Waals surface area contributed by atoms with Crippen molar-refractivity contribution in [2.24, 2.45) is 0 Å². The minimum Gasteiger partial charge on any atom is -0.458 e. The monoisotopic (exact) mass is 194 g/mol. The lowest BCUT2D eigenvalue weighted by molar-refractivity contribution is -0.870. The van der Waals surface area contributed by atoms with Gasteiger partial charge in [0.15, 0.2) is 0 Å². The molecule has 5 heteroatoms. The Morgan fingerprint density at radius 3 is 2.23 bits per heavy atom. The highest BCUT2D eigenvalue weighted by atomic mass is 16.5. The number of carbonyl (C=O) groups is 1. The molecule has 0 aliphatic rings. The maximum absolute atomic E-state index is 10.7. The zero-order chi connectivity index (χ0) is 9.78. The van der Waals surface area contributed by atoms with Crippen LogP contribution in [0, 0.1) is 0 Å². The molecule has 0 radical (unpaired) electrons. The number of esters is 1. The maximum Gasteiger partial charge on any atom is 0.334 e. The molecule has 0 saturated carbocycles. The summed E-state index contributed by atoms with van der Waals surface area (Å²) < 4.78 is 5.52. The Hall–Kier alpha value is -0.650. The molecule has 0 spiro atoms. The van der Waals surface area contributed by atoms with Crippen molar-refractivity contribution in [2.75, 3.05) is 34.3 Å². The third kappa shape index (κ3) is 9.26. The molecule has 0 aromatic heterocycles. The van der Waals surface area contributed by atoms with Crippen LogP contribution in [-0.2, 0) is 9.53 Å². The number of likely N-dealkylation sites (N-methyl/N-ethyl adjacent to an activating group) is 1. The summed E-state index contributed by atoms with van der Waals surface area (Å²) in [6.07, 6.45) is -1.02. The van der Waals surface area contributed by atoms with Gasteiger partial charge < -0.3 is 19.8 Å². The third-order valence-electron chi connectivity index (χ3n) is 1.35. The largest absolute Gasteiger partial charge is 0.458 e. The second-order valence-electron chi connectivity index (χ2n) is 3.86. The predicted octanol–water partition coefficient (Wildman–Crippen LogP) is -1.21. The lowest BCUT2D eigenvalue weighted by atomic mass is 10.4. The molecule has 1 unspecified atom stereocenters. The van der Waals surface area contributed by atoms with Gasteiger partial charge in [-0.2, -0.15) is 0 Å². The predicted molar refractivity (Wildman–Crippen MR) is 49.2 cm³/mol. The van der Waals surface area contributed by atoms with Crippen molar-refractivity contribution in [1.82, 2.24) is 0 Å². The first-order valence-corrected chi connectivity index (χ1v) is 3.98. The van der Waals surface area contributed by atoms with Gasteiger partial charge in [0.25, 0.3) is 0 Å². The third-order valence-corrected chi connectivity index (χ3v) is 1.35. The van der Waals surface area contributed by atoms with Crippen LogP contribution >= 0.6 is 0 Å². The van der Waals surface area contributed by atoms with Crippen LogP contribution in [0.2, 0.25) is 0 Å².